The Kier molecular flexibility index (Phi) is 5.16. The third-order valence-electron chi connectivity index (χ3n) is 3.40. The normalized spacial score (nSPS) is 19.1. The third kappa shape index (κ3) is 4.21. The molecule has 0 saturated heterocycles. The van der Waals surface area contributed by atoms with E-state index in [1.165, 1.54) is 5.56 Å². The zero-order chi connectivity index (χ0) is 13.5. The first kappa shape index (κ1) is 13.8. The Labute approximate surface area is 114 Å². The highest BCUT2D eigenvalue weighted by Gasteiger charge is 2.21. The molecule has 0 aromatic heterocycles. The van der Waals surface area contributed by atoms with Crippen molar-refractivity contribution in [2.75, 3.05) is 20.3 Å². The standard InChI is InChI=1S/C16H21NO2/c1-19-9-5-8-17-15-10-14(11-16(18)12-15)13-6-3-2-4-7-13/h2-4,6-7,12,14,17H,5,8-11H2,1H3/t14-/m1/s1. The maximum Gasteiger partial charge on any atom is 0.158 e. The highest BCUT2D eigenvalue weighted by atomic mass is 16.5. The van der Waals surface area contributed by atoms with Crippen molar-refractivity contribution in [3.05, 3.63) is 47.7 Å². The molecule has 0 fully saturated rings. The Balaban J connectivity index is 1.93. The lowest BCUT2D eigenvalue weighted by Gasteiger charge is -2.23. The number of carbonyl (C=O) groups is 1. The second-order valence-electron chi connectivity index (χ2n) is 4.92. The summed E-state index contributed by atoms with van der Waals surface area (Å²) in [4.78, 5) is 11.8. The Bertz CT molecular complexity index is 439. The van der Waals surface area contributed by atoms with Crippen LogP contribution in [0.4, 0.5) is 0 Å². The summed E-state index contributed by atoms with van der Waals surface area (Å²) in [5, 5.41) is 3.35. The van der Waals surface area contributed by atoms with Gasteiger partial charge in [-0.1, -0.05) is 30.3 Å². The smallest absolute Gasteiger partial charge is 0.158 e. The molecule has 19 heavy (non-hydrogen) atoms. The van der Waals surface area contributed by atoms with E-state index in [-0.39, 0.29) is 5.78 Å². The third-order valence-corrected chi connectivity index (χ3v) is 3.40. The van der Waals surface area contributed by atoms with Crippen LogP contribution in [0.15, 0.2) is 42.1 Å². The molecule has 1 aliphatic rings. The fourth-order valence-corrected chi connectivity index (χ4v) is 2.44. The number of benzene rings is 1. The SMILES string of the molecule is COCCCNC1=CC(=O)C[C@H](c2ccccc2)C1. The summed E-state index contributed by atoms with van der Waals surface area (Å²) in [5.41, 5.74) is 2.31. The van der Waals surface area contributed by atoms with Crippen molar-refractivity contribution in [3.8, 4) is 0 Å². The number of nitrogens with one attached hydrogen (secondary N) is 1. The van der Waals surface area contributed by atoms with Crippen molar-refractivity contribution in [1.29, 1.82) is 0 Å². The molecule has 1 aromatic rings. The summed E-state index contributed by atoms with van der Waals surface area (Å²) in [6.45, 7) is 1.60. The summed E-state index contributed by atoms with van der Waals surface area (Å²) < 4.78 is 5.02. The van der Waals surface area contributed by atoms with Gasteiger partial charge in [-0.05, 0) is 24.3 Å². The molecule has 0 heterocycles. The van der Waals surface area contributed by atoms with Crippen molar-refractivity contribution in [2.24, 2.45) is 0 Å². The van der Waals surface area contributed by atoms with Crippen LogP contribution >= 0.6 is 0 Å². The zero-order valence-corrected chi connectivity index (χ0v) is 11.4. The lowest BCUT2D eigenvalue weighted by atomic mass is 9.85. The number of allylic oxidation sites excluding steroid dienone is 2. The van der Waals surface area contributed by atoms with Gasteiger partial charge in [0.2, 0.25) is 0 Å². The van der Waals surface area contributed by atoms with Crippen LogP contribution in [-0.4, -0.2) is 26.0 Å². The Morgan fingerprint density at radius 3 is 2.79 bits per heavy atom. The quantitative estimate of drug-likeness (QED) is 0.798. The van der Waals surface area contributed by atoms with Crippen LogP contribution in [0.2, 0.25) is 0 Å². The maximum atomic E-state index is 11.8. The van der Waals surface area contributed by atoms with Gasteiger partial charge in [-0.15, -0.1) is 0 Å². The molecule has 0 bridgehead atoms. The summed E-state index contributed by atoms with van der Waals surface area (Å²) in [6.07, 6.45) is 4.25. The van der Waals surface area contributed by atoms with Crippen molar-refractivity contribution in [2.45, 2.75) is 25.2 Å². The number of ketones is 1. The first-order chi connectivity index (χ1) is 9.29. The average molecular weight is 259 g/mol. The molecule has 3 nitrogen and oxygen atoms in total. The Morgan fingerprint density at radius 1 is 1.26 bits per heavy atom. The van der Waals surface area contributed by atoms with Crippen LogP contribution in [0.25, 0.3) is 0 Å². The predicted octanol–water partition coefficient (Wildman–Crippen LogP) is 2.64. The maximum absolute atomic E-state index is 11.8. The Hall–Kier alpha value is -1.61. The highest BCUT2D eigenvalue weighted by Crippen LogP contribution is 2.30. The van der Waals surface area contributed by atoms with Crippen LogP contribution in [0.1, 0.15) is 30.7 Å². The number of hydrogen-bond donors (Lipinski definition) is 1. The van der Waals surface area contributed by atoms with Crippen LogP contribution in [-0.2, 0) is 9.53 Å². The number of hydrogen-bond acceptors (Lipinski definition) is 3. The van der Waals surface area contributed by atoms with E-state index in [9.17, 15) is 4.79 Å². The average Bonchev–Trinajstić information content (AvgIpc) is 2.44. The Morgan fingerprint density at radius 2 is 2.05 bits per heavy atom. The molecule has 2 rings (SSSR count). The van der Waals surface area contributed by atoms with Crippen LogP contribution in [0.5, 0.6) is 0 Å². The number of carbonyl (C=O) groups excluding carboxylic acids is 1. The van der Waals surface area contributed by atoms with Crippen molar-refractivity contribution in [3.63, 3.8) is 0 Å². The highest BCUT2D eigenvalue weighted by molar-refractivity contribution is 5.91. The van der Waals surface area contributed by atoms with Gasteiger partial charge in [-0.3, -0.25) is 4.79 Å². The van der Waals surface area contributed by atoms with Gasteiger partial charge >= 0.3 is 0 Å². The van der Waals surface area contributed by atoms with E-state index in [0.717, 1.165) is 31.7 Å². The van der Waals surface area contributed by atoms with Crippen molar-refractivity contribution >= 4 is 5.78 Å². The summed E-state index contributed by atoms with van der Waals surface area (Å²) in [7, 11) is 1.70. The minimum Gasteiger partial charge on any atom is -0.388 e. The first-order valence-corrected chi connectivity index (χ1v) is 6.80. The van der Waals surface area contributed by atoms with Gasteiger partial charge in [-0.25, -0.2) is 0 Å². The lowest BCUT2D eigenvalue weighted by Crippen LogP contribution is -2.23. The lowest BCUT2D eigenvalue weighted by molar-refractivity contribution is -0.115. The fourth-order valence-electron chi connectivity index (χ4n) is 2.44. The monoisotopic (exact) mass is 259 g/mol. The fraction of sp³-hybridized carbons (Fsp3) is 0.438. The zero-order valence-electron chi connectivity index (χ0n) is 11.4. The largest absolute Gasteiger partial charge is 0.388 e. The molecule has 3 heteroatoms. The van der Waals surface area contributed by atoms with E-state index in [2.05, 4.69) is 17.4 Å². The summed E-state index contributed by atoms with van der Waals surface area (Å²) >= 11 is 0. The minimum absolute atomic E-state index is 0.217. The molecule has 0 unspecified atom stereocenters. The molecule has 1 aliphatic carbocycles. The van der Waals surface area contributed by atoms with Gasteiger partial charge in [0.1, 0.15) is 0 Å². The van der Waals surface area contributed by atoms with E-state index in [1.807, 2.05) is 18.2 Å². The van der Waals surface area contributed by atoms with E-state index in [4.69, 9.17) is 4.74 Å². The molecule has 0 aliphatic heterocycles. The molecule has 1 N–H and O–H groups in total. The molecule has 0 spiro atoms. The molecule has 102 valence electrons. The van der Waals surface area contributed by atoms with E-state index >= 15 is 0 Å². The topological polar surface area (TPSA) is 38.3 Å². The van der Waals surface area contributed by atoms with E-state index < -0.39 is 0 Å². The number of rotatable bonds is 6. The van der Waals surface area contributed by atoms with E-state index in [1.54, 1.807) is 13.2 Å². The molecule has 0 radical (unpaired) electrons. The van der Waals surface area contributed by atoms with Crippen LogP contribution in [0.3, 0.4) is 0 Å². The second kappa shape index (κ2) is 7.10. The van der Waals surface area contributed by atoms with E-state index in [0.29, 0.717) is 12.3 Å². The van der Waals surface area contributed by atoms with Crippen molar-refractivity contribution < 1.29 is 9.53 Å². The minimum atomic E-state index is 0.217. The summed E-state index contributed by atoms with van der Waals surface area (Å²) in [5.74, 6) is 0.526. The molecule has 1 aromatic carbocycles. The molecule has 1 atom stereocenters. The van der Waals surface area contributed by atoms with Gasteiger partial charge in [0.05, 0.1) is 0 Å². The molecule has 0 saturated carbocycles. The molecular formula is C16H21NO2. The van der Waals surface area contributed by atoms with Gasteiger partial charge < -0.3 is 10.1 Å². The van der Waals surface area contributed by atoms with Crippen LogP contribution < -0.4 is 5.32 Å². The van der Waals surface area contributed by atoms with Gasteiger partial charge in [0, 0.05) is 38.5 Å². The molecular weight excluding hydrogens is 238 g/mol. The van der Waals surface area contributed by atoms with Gasteiger partial charge in [-0.2, -0.15) is 0 Å². The number of methoxy groups -OCH3 is 1. The second-order valence-corrected chi connectivity index (χ2v) is 4.92. The van der Waals surface area contributed by atoms with Crippen molar-refractivity contribution in [1.82, 2.24) is 5.32 Å². The predicted molar refractivity (Wildman–Crippen MR) is 76.0 cm³/mol. The molecule has 0 amide bonds. The van der Waals surface area contributed by atoms with Gasteiger partial charge in [0.15, 0.2) is 5.78 Å². The summed E-state index contributed by atoms with van der Waals surface area (Å²) in [6, 6.07) is 10.3. The number of ether oxygens (including phenoxy) is 1. The van der Waals surface area contributed by atoms with Gasteiger partial charge in [0.25, 0.3) is 0 Å². The first-order valence-electron chi connectivity index (χ1n) is 6.80. The van der Waals surface area contributed by atoms with Crippen LogP contribution in [0, 0.1) is 0 Å².